The molecule has 3 heterocycles. The molecule has 0 saturated carbocycles. The van der Waals surface area contributed by atoms with Gasteiger partial charge in [-0.2, -0.15) is 4.98 Å². The van der Waals surface area contributed by atoms with Crippen molar-refractivity contribution in [1.29, 1.82) is 0 Å². The fourth-order valence-electron chi connectivity index (χ4n) is 3.29. The lowest BCUT2D eigenvalue weighted by atomic mass is 10.0. The van der Waals surface area contributed by atoms with Crippen molar-refractivity contribution in [2.75, 3.05) is 6.54 Å². The molecule has 3 aromatic rings. The number of aromatic amines is 1. The van der Waals surface area contributed by atoms with Crippen LogP contribution in [0.4, 0.5) is 0 Å². The van der Waals surface area contributed by atoms with Crippen LogP contribution in [-0.2, 0) is 0 Å². The monoisotopic (exact) mass is 336 g/mol. The molecule has 1 amide bonds. The van der Waals surface area contributed by atoms with Crippen LogP contribution in [0.2, 0.25) is 0 Å². The molecule has 0 spiro atoms. The van der Waals surface area contributed by atoms with Crippen LogP contribution in [0.3, 0.4) is 0 Å². The number of nitrogens with zero attached hydrogens (tertiary/aromatic N) is 3. The molecule has 126 valence electrons. The van der Waals surface area contributed by atoms with Gasteiger partial charge in [-0.3, -0.25) is 9.59 Å². The van der Waals surface area contributed by atoms with E-state index in [0.29, 0.717) is 29.1 Å². The fourth-order valence-corrected chi connectivity index (χ4v) is 3.29. The van der Waals surface area contributed by atoms with Crippen molar-refractivity contribution in [2.45, 2.75) is 18.9 Å². The average molecular weight is 336 g/mol. The van der Waals surface area contributed by atoms with Gasteiger partial charge in [0.1, 0.15) is 0 Å². The molecule has 7 nitrogen and oxygen atoms in total. The number of benzene rings is 1. The second-order valence-corrected chi connectivity index (χ2v) is 5.95. The van der Waals surface area contributed by atoms with Crippen molar-refractivity contribution in [3.63, 3.8) is 0 Å². The van der Waals surface area contributed by atoms with Crippen LogP contribution >= 0.6 is 0 Å². The molecule has 25 heavy (non-hydrogen) atoms. The highest BCUT2D eigenvalue weighted by Gasteiger charge is 2.32. The first-order valence-electron chi connectivity index (χ1n) is 8.09. The summed E-state index contributed by atoms with van der Waals surface area (Å²) in [7, 11) is 0. The first-order chi connectivity index (χ1) is 12.2. The van der Waals surface area contributed by atoms with E-state index in [0.717, 1.165) is 12.8 Å². The highest BCUT2D eigenvalue weighted by atomic mass is 16.5. The van der Waals surface area contributed by atoms with E-state index in [4.69, 9.17) is 4.52 Å². The summed E-state index contributed by atoms with van der Waals surface area (Å²) in [5.41, 5.74) is 1.74. The molecule has 1 aliphatic rings. The lowest BCUT2D eigenvalue weighted by molar-refractivity contribution is 0.0735. The number of carbonyl (C=O) groups excluding carboxylic acids is 1. The molecule has 1 N–H and O–H groups in total. The van der Waals surface area contributed by atoms with Crippen molar-refractivity contribution < 1.29 is 9.32 Å². The van der Waals surface area contributed by atoms with E-state index in [9.17, 15) is 9.59 Å². The maximum absolute atomic E-state index is 13.0. The van der Waals surface area contributed by atoms with Crippen LogP contribution < -0.4 is 5.56 Å². The Morgan fingerprint density at radius 2 is 2.20 bits per heavy atom. The van der Waals surface area contributed by atoms with Crippen LogP contribution in [-0.4, -0.2) is 32.5 Å². The van der Waals surface area contributed by atoms with Crippen molar-refractivity contribution >= 4 is 5.91 Å². The SMILES string of the molecule is O=C(c1cccc(-c2ncon2)c1)N1CCCC1c1ccc[nH]c1=O. The van der Waals surface area contributed by atoms with E-state index in [2.05, 4.69) is 15.1 Å². The largest absolute Gasteiger partial charge is 0.342 e. The van der Waals surface area contributed by atoms with Gasteiger partial charge < -0.3 is 14.4 Å². The van der Waals surface area contributed by atoms with E-state index < -0.39 is 0 Å². The molecule has 1 fully saturated rings. The Morgan fingerprint density at radius 1 is 1.28 bits per heavy atom. The van der Waals surface area contributed by atoms with E-state index in [1.165, 1.54) is 6.39 Å². The zero-order chi connectivity index (χ0) is 17.2. The molecule has 1 aliphatic heterocycles. The Kier molecular flexibility index (Phi) is 3.89. The standard InChI is InChI=1S/C18H16N4O3/c23-17-14(6-2-8-19-17)15-7-3-9-22(15)18(24)13-5-1-4-12(10-13)16-20-11-25-21-16/h1-2,4-6,8,10-11,15H,3,7,9H2,(H,19,23). The van der Waals surface area contributed by atoms with Crippen molar-refractivity contribution in [3.8, 4) is 11.4 Å². The third-order valence-electron chi connectivity index (χ3n) is 4.45. The Hall–Kier alpha value is -3.22. The second kappa shape index (κ2) is 6.35. The van der Waals surface area contributed by atoms with Gasteiger partial charge in [-0.25, -0.2) is 0 Å². The minimum atomic E-state index is -0.203. The predicted octanol–water partition coefficient (Wildman–Crippen LogP) is 2.40. The van der Waals surface area contributed by atoms with Crippen molar-refractivity contribution in [3.05, 3.63) is 70.5 Å². The van der Waals surface area contributed by atoms with Gasteiger partial charge in [0.2, 0.25) is 12.2 Å². The molecule has 1 saturated heterocycles. The third kappa shape index (κ3) is 2.84. The summed E-state index contributed by atoms with van der Waals surface area (Å²) in [5.74, 6) is 0.336. The van der Waals surface area contributed by atoms with Crippen LogP contribution in [0.1, 0.15) is 34.8 Å². The number of carbonyl (C=O) groups is 1. The van der Waals surface area contributed by atoms with Gasteiger partial charge in [-0.05, 0) is 37.1 Å². The molecule has 4 rings (SSSR count). The molecule has 0 bridgehead atoms. The molecule has 1 unspecified atom stereocenters. The van der Waals surface area contributed by atoms with Crippen LogP contribution in [0.15, 0.2) is 58.3 Å². The number of amides is 1. The zero-order valence-corrected chi connectivity index (χ0v) is 13.4. The number of pyridine rings is 1. The Morgan fingerprint density at radius 3 is 3.00 bits per heavy atom. The summed E-state index contributed by atoms with van der Waals surface area (Å²) in [6, 6.07) is 10.5. The van der Waals surface area contributed by atoms with Gasteiger partial charge in [-0.1, -0.05) is 17.3 Å². The number of rotatable bonds is 3. The number of H-pyrrole nitrogens is 1. The first kappa shape index (κ1) is 15.3. The van der Waals surface area contributed by atoms with Gasteiger partial charge in [0.25, 0.3) is 11.5 Å². The summed E-state index contributed by atoms with van der Waals surface area (Å²) in [6.07, 6.45) is 4.50. The summed E-state index contributed by atoms with van der Waals surface area (Å²) in [4.78, 5) is 33.6. The van der Waals surface area contributed by atoms with E-state index in [-0.39, 0.29) is 17.5 Å². The van der Waals surface area contributed by atoms with E-state index in [1.54, 1.807) is 41.4 Å². The molecule has 7 heteroatoms. The van der Waals surface area contributed by atoms with Crippen LogP contribution in [0.25, 0.3) is 11.4 Å². The van der Waals surface area contributed by atoms with Gasteiger partial charge in [0.15, 0.2) is 0 Å². The lowest BCUT2D eigenvalue weighted by Gasteiger charge is -2.24. The van der Waals surface area contributed by atoms with Crippen molar-refractivity contribution in [1.82, 2.24) is 20.0 Å². The van der Waals surface area contributed by atoms with Gasteiger partial charge in [-0.15, -0.1) is 0 Å². The average Bonchev–Trinajstić information content (AvgIpc) is 3.33. The lowest BCUT2D eigenvalue weighted by Crippen LogP contribution is -2.33. The number of hydrogen-bond donors (Lipinski definition) is 1. The molecule has 0 radical (unpaired) electrons. The van der Waals surface area contributed by atoms with Gasteiger partial charge in [0, 0.05) is 29.4 Å². The molecule has 1 atom stereocenters. The molecular weight excluding hydrogens is 320 g/mol. The second-order valence-electron chi connectivity index (χ2n) is 5.95. The highest BCUT2D eigenvalue weighted by Crippen LogP contribution is 2.31. The summed E-state index contributed by atoms with van der Waals surface area (Å²) in [6.45, 7) is 0.629. The van der Waals surface area contributed by atoms with E-state index in [1.807, 2.05) is 6.07 Å². The summed E-state index contributed by atoms with van der Waals surface area (Å²) < 4.78 is 4.76. The van der Waals surface area contributed by atoms with Crippen LogP contribution in [0, 0.1) is 0 Å². The topological polar surface area (TPSA) is 92.1 Å². The number of hydrogen-bond acceptors (Lipinski definition) is 5. The van der Waals surface area contributed by atoms with Gasteiger partial charge >= 0.3 is 0 Å². The Balaban J connectivity index is 1.65. The molecule has 2 aromatic heterocycles. The molecular formula is C18H16N4O3. The van der Waals surface area contributed by atoms with E-state index >= 15 is 0 Å². The molecule has 0 aliphatic carbocycles. The van der Waals surface area contributed by atoms with Crippen molar-refractivity contribution in [2.24, 2.45) is 0 Å². The zero-order valence-electron chi connectivity index (χ0n) is 13.4. The van der Waals surface area contributed by atoms with Gasteiger partial charge in [0.05, 0.1) is 6.04 Å². The predicted molar refractivity (Wildman–Crippen MR) is 89.8 cm³/mol. The Labute approximate surface area is 143 Å². The minimum absolute atomic E-state index is 0.101. The number of aromatic nitrogens is 3. The maximum atomic E-state index is 13.0. The third-order valence-corrected chi connectivity index (χ3v) is 4.45. The summed E-state index contributed by atoms with van der Waals surface area (Å²) in [5, 5.41) is 3.80. The van der Waals surface area contributed by atoms with Crippen LogP contribution in [0.5, 0.6) is 0 Å². The fraction of sp³-hybridized carbons (Fsp3) is 0.222. The highest BCUT2D eigenvalue weighted by molar-refractivity contribution is 5.95. The first-order valence-corrected chi connectivity index (χ1v) is 8.09. The minimum Gasteiger partial charge on any atom is -0.342 e. The quantitative estimate of drug-likeness (QED) is 0.793. The normalized spacial score (nSPS) is 17.0. The molecule has 1 aromatic carbocycles. The number of likely N-dealkylation sites (tertiary alicyclic amines) is 1. The Bertz CT molecular complexity index is 949. The smallest absolute Gasteiger partial charge is 0.254 e. The maximum Gasteiger partial charge on any atom is 0.254 e. The summed E-state index contributed by atoms with van der Waals surface area (Å²) >= 11 is 0. The number of nitrogens with one attached hydrogen (secondary N) is 1.